The molecular weight excluding hydrogens is 236 g/mol. The average molecular weight is 253 g/mol. The fourth-order valence-electron chi connectivity index (χ4n) is 1.44. The summed E-state index contributed by atoms with van der Waals surface area (Å²) in [5, 5.41) is 1.04. The van der Waals surface area contributed by atoms with Gasteiger partial charge in [-0.25, -0.2) is 0 Å². The van der Waals surface area contributed by atoms with Gasteiger partial charge in [0.05, 0.1) is 0 Å². The van der Waals surface area contributed by atoms with Gasteiger partial charge in [0.2, 0.25) is 0 Å². The molecule has 1 aromatic carbocycles. The molecule has 0 bridgehead atoms. The Balaban J connectivity index is 2.92. The molecule has 0 amide bonds. The molecule has 0 heterocycles. The molecule has 0 saturated heterocycles. The van der Waals surface area contributed by atoms with Gasteiger partial charge in [0.25, 0.3) is 0 Å². The molecule has 0 saturated carbocycles. The van der Waals surface area contributed by atoms with Crippen molar-refractivity contribution in [1.29, 1.82) is 0 Å². The van der Waals surface area contributed by atoms with E-state index >= 15 is 0 Å². The van der Waals surface area contributed by atoms with E-state index in [2.05, 4.69) is 61.0 Å². The van der Waals surface area contributed by atoms with Crippen LogP contribution in [0, 0.1) is 20.8 Å². The first-order valence-corrected chi connectivity index (χ1v) is 6.07. The van der Waals surface area contributed by atoms with Crippen molar-refractivity contribution < 1.29 is 0 Å². The number of hydrogen-bond acceptors (Lipinski definition) is 0. The predicted molar refractivity (Wildman–Crippen MR) is 68.1 cm³/mol. The summed E-state index contributed by atoms with van der Waals surface area (Å²) in [6, 6.07) is 4.51. The number of halogens is 1. The summed E-state index contributed by atoms with van der Waals surface area (Å²) in [5.74, 6) is 0. The fraction of sp³-hybridized carbons (Fsp3) is 0.385. The Hall–Kier alpha value is -0.560. The number of benzene rings is 1. The van der Waals surface area contributed by atoms with Crippen LogP contribution in [0.1, 0.15) is 28.7 Å². The van der Waals surface area contributed by atoms with Gasteiger partial charge in [-0.2, -0.15) is 0 Å². The summed E-state index contributed by atoms with van der Waals surface area (Å²) in [6.07, 6.45) is 5.52. The smallest absolute Gasteiger partial charge is 0.00660 e. The molecule has 0 aliphatic rings. The normalized spacial score (nSPS) is 11.1. The zero-order chi connectivity index (χ0) is 10.6. The first-order valence-electron chi connectivity index (χ1n) is 4.95. The lowest BCUT2D eigenvalue weighted by atomic mass is 10.0. The van der Waals surface area contributed by atoms with Gasteiger partial charge in [-0.15, -0.1) is 0 Å². The van der Waals surface area contributed by atoms with E-state index in [1.165, 1.54) is 22.3 Å². The minimum atomic E-state index is 1.04. The Labute approximate surface area is 95.2 Å². The number of rotatable bonds is 3. The lowest BCUT2D eigenvalue weighted by molar-refractivity contribution is 1.26. The molecule has 1 rings (SSSR count). The van der Waals surface area contributed by atoms with Crippen LogP contribution in [0.5, 0.6) is 0 Å². The van der Waals surface area contributed by atoms with Gasteiger partial charge in [0.1, 0.15) is 0 Å². The zero-order valence-electron chi connectivity index (χ0n) is 9.10. The third kappa shape index (κ3) is 2.98. The number of aryl methyl sites for hydroxylation is 3. The highest BCUT2D eigenvalue weighted by atomic mass is 79.9. The molecule has 0 atom stereocenters. The lowest BCUT2D eigenvalue weighted by Crippen LogP contribution is -1.87. The van der Waals surface area contributed by atoms with E-state index in [0.29, 0.717) is 0 Å². The highest BCUT2D eigenvalue weighted by molar-refractivity contribution is 9.09. The Bertz CT molecular complexity index is 337. The summed E-state index contributed by atoms with van der Waals surface area (Å²) in [5.41, 5.74) is 5.45. The molecule has 0 nitrogen and oxygen atoms in total. The predicted octanol–water partition coefficient (Wildman–Crippen LogP) is 4.41. The van der Waals surface area contributed by atoms with Gasteiger partial charge in [0, 0.05) is 5.33 Å². The molecule has 1 heteroatoms. The maximum Gasteiger partial charge on any atom is 0.00660 e. The molecule has 0 aromatic heterocycles. The average Bonchev–Trinajstić information content (AvgIpc) is 2.14. The van der Waals surface area contributed by atoms with Crippen LogP contribution in [0.3, 0.4) is 0 Å². The van der Waals surface area contributed by atoms with Crippen molar-refractivity contribution >= 4 is 22.0 Å². The van der Waals surface area contributed by atoms with Crippen molar-refractivity contribution in [3.63, 3.8) is 0 Å². The summed E-state index contributed by atoms with van der Waals surface area (Å²) in [7, 11) is 0. The summed E-state index contributed by atoms with van der Waals surface area (Å²) < 4.78 is 0. The van der Waals surface area contributed by atoms with Gasteiger partial charge in [-0.1, -0.05) is 40.2 Å². The summed E-state index contributed by atoms with van der Waals surface area (Å²) in [4.78, 5) is 0. The van der Waals surface area contributed by atoms with Crippen LogP contribution in [0.2, 0.25) is 0 Å². The van der Waals surface area contributed by atoms with Crippen LogP contribution in [0.15, 0.2) is 18.2 Å². The summed E-state index contributed by atoms with van der Waals surface area (Å²) in [6.45, 7) is 6.49. The van der Waals surface area contributed by atoms with Crippen LogP contribution in [-0.4, -0.2) is 5.33 Å². The maximum atomic E-state index is 3.42. The SMILES string of the molecule is Cc1cc(C)c(C=CCCBr)cc1C. The van der Waals surface area contributed by atoms with E-state index < -0.39 is 0 Å². The second-order valence-electron chi connectivity index (χ2n) is 3.67. The highest BCUT2D eigenvalue weighted by Crippen LogP contribution is 2.16. The Morgan fingerprint density at radius 2 is 1.71 bits per heavy atom. The van der Waals surface area contributed by atoms with Gasteiger partial charge >= 0.3 is 0 Å². The van der Waals surface area contributed by atoms with Crippen LogP contribution < -0.4 is 0 Å². The van der Waals surface area contributed by atoms with E-state index in [1.807, 2.05) is 0 Å². The molecule has 0 unspecified atom stereocenters. The maximum absolute atomic E-state index is 3.42. The molecule has 0 radical (unpaired) electrons. The molecular formula is C13H17Br. The van der Waals surface area contributed by atoms with Gasteiger partial charge in [0.15, 0.2) is 0 Å². The van der Waals surface area contributed by atoms with Crippen molar-refractivity contribution in [2.75, 3.05) is 5.33 Å². The number of hydrogen-bond donors (Lipinski definition) is 0. The van der Waals surface area contributed by atoms with Gasteiger partial charge in [-0.05, 0) is 49.4 Å². The number of allylic oxidation sites excluding steroid dienone is 1. The molecule has 14 heavy (non-hydrogen) atoms. The minimum Gasteiger partial charge on any atom is -0.0925 e. The van der Waals surface area contributed by atoms with Gasteiger partial charge in [-0.3, -0.25) is 0 Å². The van der Waals surface area contributed by atoms with Gasteiger partial charge < -0.3 is 0 Å². The lowest BCUT2D eigenvalue weighted by Gasteiger charge is -2.05. The third-order valence-electron chi connectivity index (χ3n) is 2.46. The van der Waals surface area contributed by atoms with E-state index in [-0.39, 0.29) is 0 Å². The Morgan fingerprint density at radius 3 is 2.36 bits per heavy atom. The molecule has 0 fully saturated rings. The van der Waals surface area contributed by atoms with Crippen LogP contribution in [-0.2, 0) is 0 Å². The van der Waals surface area contributed by atoms with Crippen molar-refractivity contribution in [3.05, 3.63) is 40.5 Å². The molecule has 1 aromatic rings. The number of alkyl halides is 1. The van der Waals surface area contributed by atoms with E-state index in [1.54, 1.807) is 0 Å². The second kappa shape index (κ2) is 5.35. The topological polar surface area (TPSA) is 0 Å². The highest BCUT2D eigenvalue weighted by Gasteiger charge is 1.97. The Morgan fingerprint density at radius 1 is 1.07 bits per heavy atom. The molecule has 0 N–H and O–H groups in total. The first-order chi connectivity index (χ1) is 6.65. The standard InChI is InChI=1S/C13H17Br/c1-10-8-12(3)13(9-11(10)2)6-4-5-7-14/h4,6,8-9H,5,7H2,1-3H3. The molecule has 0 spiro atoms. The van der Waals surface area contributed by atoms with E-state index in [4.69, 9.17) is 0 Å². The van der Waals surface area contributed by atoms with Crippen LogP contribution in [0.25, 0.3) is 6.08 Å². The largest absolute Gasteiger partial charge is 0.0925 e. The minimum absolute atomic E-state index is 1.04. The molecule has 0 aliphatic heterocycles. The monoisotopic (exact) mass is 252 g/mol. The van der Waals surface area contributed by atoms with Crippen LogP contribution >= 0.6 is 15.9 Å². The van der Waals surface area contributed by atoms with Crippen LogP contribution in [0.4, 0.5) is 0 Å². The molecule has 76 valence electrons. The van der Waals surface area contributed by atoms with E-state index in [9.17, 15) is 0 Å². The third-order valence-corrected chi connectivity index (χ3v) is 2.91. The molecule has 0 aliphatic carbocycles. The summed E-state index contributed by atoms with van der Waals surface area (Å²) >= 11 is 3.42. The first kappa shape index (κ1) is 11.5. The zero-order valence-corrected chi connectivity index (χ0v) is 10.7. The van der Waals surface area contributed by atoms with Crippen molar-refractivity contribution in [2.45, 2.75) is 27.2 Å². The quantitative estimate of drug-likeness (QED) is 0.700. The van der Waals surface area contributed by atoms with Crippen molar-refractivity contribution in [1.82, 2.24) is 0 Å². The van der Waals surface area contributed by atoms with E-state index in [0.717, 1.165) is 11.8 Å². The Kier molecular flexibility index (Phi) is 4.40. The fourth-order valence-corrected chi connectivity index (χ4v) is 1.70. The van der Waals surface area contributed by atoms with Crippen molar-refractivity contribution in [2.24, 2.45) is 0 Å². The van der Waals surface area contributed by atoms with Crippen molar-refractivity contribution in [3.8, 4) is 0 Å². The second-order valence-corrected chi connectivity index (χ2v) is 4.47.